The van der Waals surface area contributed by atoms with Crippen LogP contribution in [0, 0.1) is 5.41 Å². The van der Waals surface area contributed by atoms with Gasteiger partial charge >= 0.3 is 6.18 Å². The summed E-state index contributed by atoms with van der Waals surface area (Å²) >= 11 is 1.31. The fourth-order valence-electron chi connectivity index (χ4n) is 1.78. The highest BCUT2D eigenvalue weighted by atomic mass is 32.2. The van der Waals surface area contributed by atoms with Gasteiger partial charge in [0.25, 0.3) is 0 Å². The summed E-state index contributed by atoms with van der Waals surface area (Å²) < 4.78 is 41.4. The molecule has 0 fully saturated rings. The van der Waals surface area contributed by atoms with E-state index in [9.17, 15) is 23.1 Å². The first-order chi connectivity index (χ1) is 11.4. The van der Waals surface area contributed by atoms with Gasteiger partial charge < -0.3 is 9.63 Å². The first kappa shape index (κ1) is 21.8. The van der Waals surface area contributed by atoms with E-state index < -0.39 is 23.4 Å². The number of aliphatic hydroxyl groups is 1. The summed E-state index contributed by atoms with van der Waals surface area (Å²) in [6.07, 6.45) is -4.92. The minimum atomic E-state index is -4.14. The molecule has 0 radical (unpaired) electrons. The Balaban J connectivity index is 2.50. The smallest absolute Gasteiger partial charge is 0.389 e. The zero-order valence-electron chi connectivity index (χ0n) is 14.9. The summed E-state index contributed by atoms with van der Waals surface area (Å²) in [6.45, 7) is 6.89. The molecule has 0 aliphatic heterocycles. The van der Waals surface area contributed by atoms with Crippen LogP contribution in [0.5, 0.6) is 0 Å². The number of hydrogen-bond donors (Lipinski definition) is 2. The van der Waals surface area contributed by atoms with Gasteiger partial charge in [0, 0.05) is 23.7 Å². The molecule has 1 aromatic heterocycles. The van der Waals surface area contributed by atoms with Crippen molar-refractivity contribution < 1.29 is 27.6 Å². The van der Waals surface area contributed by atoms with Crippen molar-refractivity contribution in [3.8, 4) is 0 Å². The van der Waals surface area contributed by atoms with Crippen LogP contribution in [-0.4, -0.2) is 40.5 Å². The van der Waals surface area contributed by atoms with E-state index in [2.05, 4.69) is 10.5 Å². The zero-order chi connectivity index (χ0) is 19.3. The number of amides is 1. The number of nitrogens with zero attached hydrogens (tertiary/aromatic N) is 1. The van der Waals surface area contributed by atoms with Crippen molar-refractivity contribution in [2.24, 2.45) is 5.41 Å². The molecule has 144 valence electrons. The molecule has 0 aliphatic rings. The lowest BCUT2D eigenvalue weighted by atomic mass is 9.91. The molecule has 25 heavy (non-hydrogen) atoms. The van der Waals surface area contributed by atoms with Crippen molar-refractivity contribution in [3.05, 3.63) is 11.8 Å². The molecule has 0 saturated heterocycles. The number of carbonyl (C=O) groups is 1. The Morgan fingerprint density at radius 3 is 2.52 bits per heavy atom. The second kappa shape index (κ2) is 8.44. The van der Waals surface area contributed by atoms with Gasteiger partial charge in [-0.15, -0.1) is 0 Å². The number of anilines is 1. The van der Waals surface area contributed by atoms with Crippen molar-refractivity contribution in [1.29, 1.82) is 0 Å². The summed E-state index contributed by atoms with van der Waals surface area (Å²) in [5.74, 6) is 0.602. The number of thioether (sulfide) groups is 1. The third kappa shape index (κ3) is 7.27. The summed E-state index contributed by atoms with van der Waals surface area (Å²) in [5.41, 5.74) is -0.844. The molecule has 5 nitrogen and oxygen atoms in total. The van der Waals surface area contributed by atoms with Gasteiger partial charge in [0.1, 0.15) is 0 Å². The largest absolute Gasteiger partial charge is 0.395 e. The second-order valence-corrected chi connectivity index (χ2v) is 8.33. The predicted molar refractivity (Wildman–Crippen MR) is 91.6 cm³/mol. The minimum absolute atomic E-state index is 0.0353. The van der Waals surface area contributed by atoms with Gasteiger partial charge in [0.2, 0.25) is 11.8 Å². The lowest BCUT2D eigenvalue weighted by Gasteiger charge is -2.22. The molecule has 0 saturated carbocycles. The van der Waals surface area contributed by atoms with Crippen LogP contribution in [0.15, 0.2) is 10.6 Å². The molecule has 2 N–H and O–H groups in total. The Hall–Kier alpha value is -1.22. The summed E-state index contributed by atoms with van der Waals surface area (Å²) in [6, 6.07) is 1.56. The first-order valence-electron chi connectivity index (χ1n) is 7.91. The average molecular weight is 382 g/mol. The van der Waals surface area contributed by atoms with Gasteiger partial charge in [-0.05, 0) is 12.2 Å². The first-order valence-corrected chi connectivity index (χ1v) is 9.07. The molecule has 0 unspecified atom stereocenters. The van der Waals surface area contributed by atoms with Gasteiger partial charge in [-0.3, -0.25) is 10.1 Å². The fraction of sp³-hybridized carbons (Fsp3) is 0.750. The monoisotopic (exact) mass is 382 g/mol. The molecule has 0 atom stereocenters. The van der Waals surface area contributed by atoms with Crippen molar-refractivity contribution in [3.63, 3.8) is 0 Å². The number of alkyl halides is 3. The van der Waals surface area contributed by atoms with Crippen molar-refractivity contribution >= 4 is 23.6 Å². The molecule has 1 heterocycles. The van der Waals surface area contributed by atoms with E-state index >= 15 is 0 Å². The standard InChI is InChI=1S/C16H25F3N2O3S/c1-14(2,9-22)11-8-12(24-21-11)20-13(23)15(3,4)10-25-7-5-6-16(17,18)19/h8,22H,5-7,9-10H2,1-4H3,(H,20,23). The Kier molecular flexibility index (Phi) is 7.37. The Morgan fingerprint density at radius 1 is 1.32 bits per heavy atom. The van der Waals surface area contributed by atoms with Crippen LogP contribution in [0.4, 0.5) is 19.1 Å². The van der Waals surface area contributed by atoms with Gasteiger partial charge in [-0.25, -0.2) is 0 Å². The van der Waals surface area contributed by atoms with Gasteiger partial charge in [0.15, 0.2) is 0 Å². The molecule has 0 bridgehead atoms. The Bertz CT molecular complexity index is 571. The van der Waals surface area contributed by atoms with Gasteiger partial charge in [-0.1, -0.05) is 32.9 Å². The van der Waals surface area contributed by atoms with Crippen LogP contribution >= 0.6 is 11.8 Å². The van der Waals surface area contributed by atoms with Crippen LogP contribution in [0.3, 0.4) is 0 Å². The van der Waals surface area contributed by atoms with Crippen molar-refractivity contribution in [2.45, 2.75) is 52.1 Å². The lowest BCUT2D eigenvalue weighted by molar-refractivity contribution is -0.134. The second-order valence-electron chi connectivity index (χ2n) is 7.23. The number of aliphatic hydroxyl groups excluding tert-OH is 1. The third-order valence-corrected chi connectivity index (χ3v) is 5.17. The summed E-state index contributed by atoms with van der Waals surface area (Å²) in [4.78, 5) is 12.3. The summed E-state index contributed by atoms with van der Waals surface area (Å²) in [7, 11) is 0. The van der Waals surface area contributed by atoms with Crippen molar-refractivity contribution in [1.82, 2.24) is 5.16 Å². The maximum absolute atomic E-state index is 12.3. The maximum Gasteiger partial charge on any atom is 0.389 e. The van der Waals surface area contributed by atoms with Crippen LogP contribution in [-0.2, 0) is 10.2 Å². The number of hydrogen-bond acceptors (Lipinski definition) is 5. The van der Waals surface area contributed by atoms with E-state index in [0.29, 0.717) is 17.2 Å². The van der Waals surface area contributed by atoms with E-state index in [1.54, 1.807) is 33.8 Å². The van der Waals surface area contributed by atoms with Gasteiger partial charge in [0.05, 0.1) is 17.7 Å². The molecular weight excluding hydrogens is 357 g/mol. The van der Waals surface area contributed by atoms with E-state index in [1.165, 1.54) is 11.8 Å². The molecule has 1 amide bonds. The SMILES string of the molecule is CC(C)(CSCCCC(F)(F)F)C(=O)Nc1cc(C(C)(C)CO)no1. The molecule has 0 aromatic carbocycles. The molecule has 9 heteroatoms. The highest BCUT2D eigenvalue weighted by molar-refractivity contribution is 7.99. The number of aromatic nitrogens is 1. The van der Waals surface area contributed by atoms with E-state index in [-0.39, 0.29) is 24.8 Å². The van der Waals surface area contributed by atoms with Crippen molar-refractivity contribution in [2.75, 3.05) is 23.4 Å². The van der Waals surface area contributed by atoms with Crippen LogP contribution in [0.2, 0.25) is 0 Å². The topological polar surface area (TPSA) is 75.4 Å². The highest BCUT2D eigenvalue weighted by Crippen LogP contribution is 2.28. The van der Waals surface area contributed by atoms with Crippen LogP contribution in [0.1, 0.15) is 46.2 Å². The number of nitrogens with one attached hydrogen (secondary N) is 1. The molecule has 1 aromatic rings. The van der Waals surface area contributed by atoms with E-state index in [4.69, 9.17) is 4.52 Å². The molecular formula is C16H25F3N2O3S. The Labute approximate surface area is 149 Å². The normalized spacial score (nSPS) is 13.1. The minimum Gasteiger partial charge on any atom is -0.395 e. The molecule has 0 spiro atoms. The number of halogens is 3. The third-order valence-electron chi connectivity index (χ3n) is 3.66. The van der Waals surface area contributed by atoms with E-state index in [1.807, 2.05) is 0 Å². The zero-order valence-corrected chi connectivity index (χ0v) is 15.7. The number of rotatable bonds is 9. The lowest BCUT2D eigenvalue weighted by Crippen LogP contribution is -2.33. The Morgan fingerprint density at radius 2 is 1.96 bits per heavy atom. The quantitative estimate of drug-likeness (QED) is 0.632. The summed E-state index contributed by atoms with van der Waals surface area (Å²) in [5, 5.41) is 15.8. The average Bonchev–Trinajstić information content (AvgIpc) is 2.95. The predicted octanol–water partition coefficient (Wildman–Crippen LogP) is 3.98. The fourth-order valence-corrected chi connectivity index (χ4v) is 2.92. The number of carbonyl (C=O) groups excluding carboxylic acids is 1. The molecule has 0 aliphatic carbocycles. The molecule has 1 rings (SSSR count). The van der Waals surface area contributed by atoms with Gasteiger partial charge in [-0.2, -0.15) is 24.9 Å². The van der Waals surface area contributed by atoms with E-state index in [0.717, 1.165) is 0 Å². The highest BCUT2D eigenvalue weighted by Gasteiger charge is 2.30. The van der Waals surface area contributed by atoms with Crippen LogP contribution in [0.25, 0.3) is 0 Å². The maximum atomic E-state index is 12.3. The van der Waals surface area contributed by atoms with Crippen LogP contribution < -0.4 is 5.32 Å².